The average Bonchev–Trinajstić information content (AvgIpc) is 2.50. The number of nitrogens with one attached hydrogen (secondary N) is 1. The SMILES string of the molecule is CCNC(=O)CN(CC)C(=O)COC(=O)c1ccc(Cl)cc1O. The monoisotopic (exact) mass is 342 g/mol. The molecule has 0 saturated heterocycles. The van der Waals surface area contributed by atoms with Gasteiger partial charge in [-0.25, -0.2) is 4.79 Å². The first-order valence-electron chi connectivity index (χ1n) is 7.09. The minimum atomic E-state index is -0.846. The van der Waals surface area contributed by atoms with Crippen molar-refractivity contribution in [3.63, 3.8) is 0 Å². The second-order valence-corrected chi connectivity index (χ2v) is 5.04. The van der Waals surface area contributed by atoms with Gasteiger partial charge in [-0.1, -0.05) is 11.6 Å². The Morgan fingerprint density at radius 3 is 2.57 bits per heavy atom. The Kier molecular flexibility index (Phi) is 7.34. The van der Waals surface area contributed by atoms with Crippen LogP contribution >= 0.6 is 11.6 Å². The number of likely N-dealkylation sites (N-methyl/N-ethyl adjacent to an activating group) is 2. The Balaban J connectivity index is 2.59. The zero-order valence-corrected chi connectivity index (χ0v) is 13.7. The number of phenolic OH excluding ortho intramolecular Hbond substituents is 1. The number of carbonyl (C=O) groups excluding carboxylic acids is 3. The molecule has 0 saturated carbocycles. The highest BCUT2D eigenvalue weighted by Gasteiger charge is 2.19. The lowest BCUT2D eigenvalue weighted by Crippen LogP contribution is -2.42. The van der Waals surface area contributed by atoms with E-state index in [1.54, 1.807) is 13.8 Å². The summed E-state index contributed by atoms with van der Waals surface area (Å²) in [5.74, 6) is -1.96. The number of esters is 1. The second kappa shape index (κ2) is 8.99. The van der Waals surface area contributed by atoms with Crippen molar-refractivity contribution in [2.24, 2.45) is 0 Å². The molecule has 1 aromatic carbocycles. The highest BCUT2D eigenvalue weighted by Crippen LogP contribution is 2.22. The molecular weight excluding hydrogens is 324 g/mol. The van der Waals surface area contributed by atoms with Gasteiger partial charge in [-0.15, -0.1) is 0 Å². The van der Waals surface area contributed by atoms with E-state index >= 15 is 0 Å². The van der Waals surface area contributed by atoms with Crippen molar-refractivity contribution in [3.8, 4) is 5.75 Å². The molecule has 0 unspecified atom stereocenters. The summed E-state index contributed by atoms with van der Waals surface area (Å²) in [5, 5.41) is 12.5. The molecule has 0 bridgehead atoms. The molecule has 2 amide bonds. The Hall–Kier alpha value is -2.28. The lowest BCUT2D eigenvalue weighted by atomic mass is 10.2. The minimum absolute atomic E-state index is 0.0889. The Morgan fingerprint density at radius 1 is 1.30 bits per heavy atom. The third-order valence-corrected chi connectivity index (χ3v) is 3.18. The molecule has 0 aliphatic heterocycles. The minimum Gasteiger partial charge on any atom is -0.507 e. The van der Waals surface area contributed by atoms with Gasteiger partial charge in [0, 0.05) is 18.1 Å². The van der Waals surface area contributed by atoms with Gasteiger partial charge >= 0.3 is 5.97 Å². The Morgan fingerprint density at radius 2 is 2.00 bits per heavy atom. The Labute approximate surface area is 139 Å². The first-order valence-corrected chi connectivity index (χ1v) is 7.46. The fourth-order valence-corrected chi connectivity index (χ4v) is 1.94. The number of halogens is 1. The molecule has 0 atom stereocenters. The summed E-state index contributed by atoms with van der Waals surface area (Å²) >= 11 is 5.67. The van der Waals surface area contributed by atoms with Crippen LogP contribution in [0.3, 0.4) is 0 Å². The summed E-state index contributed by atoms with van der Waals surface area (Å²) in [7, 11) is 0. The zero-order valence-electron chi connectivity index (χ0n) is 13.0. The maximum atomic E-state index is 12.0. The zero-order chi connectivity index (χ0) is 17.4. The van der Waals surface area contributed by atoms with E-state index in [1.165, 1.54) is 23.1 Å². The number of hydrogen-bond acceptors (Lipinski definition) is 5. The lowest BCUT2D eigenvalue weighted by molar-refractivity contribution is -0.138. The maximum Gasteiger partial charge on any atom is 0.342 e. The lowest BCUT2D eigenvalue weighted by Gasteiger charge is -2.20. The van der Waals surface area contributed by atoms with Gasteiger partial charge in [0.2, 0.25) is 5.91 Å². The summed E-state index contributed by atoms with van der Waals surface area (Å²) in [6.07, 6.45) is 0. The average molecular weight is 343 g/mol. The van der Waals surface area contributed by atoms with Crippen molar-refractivity contribution in [1.29, 1.82) is 0 Å². The van der Waals surface area contributed by atoms with Crippen molar-refractivity contribution in [2.45, 2.75) is 13.8 Å². The number of ether oxygens (including phenoxy) is 1. The van der Waals surface area contributed by atoms with Crippen LogP contribution in [0.4, 0.5) is 0 Å². The molecule has 0 fully saturated rings. The van der Waals surface area contributed by atoms with Gasteiger partial charge in [0.15, 0.2) is 6.61 Å². The molecule has 2 N–H and O–H groups in total. The van der Waals surface area contributed by atoms with Crippen LogP contribution < -0.4 is 5.32 Å². The van der Waals surface area contributed by atoms with Crippen molar-refractivity contribution in [1.82, 2.24) is 10.2 Å². The molecule has 0 aliphatic carbocycles. The number of rotatable bonds is 7. The van der Waals surface area contributed by atoms with Gasteiger partial charge < -0.3 is 20.1 Å². The van der Waals surface area contributed by atoms with Crippen LogP contribution in [-0.4, -0.2) is 54.0 Å². The largest absolute Gasteiger partial charge is 0.507 e. The number of nitrogens with zero attached hydrogens (tertiary/aromatic N) is 1. The van der Waals surface area contributed by atoms with Crippen LogP contribution in [0.2, 0.25) is 5.02 Å². The third-order valence-electron chi connectivity index (χ3n) is 2.95. The van der Waals surface area contributed by atoms with Crippen LogP contribution in [0.1, 0.15) is 24.2 Å². The number of amides is 2. The molecule has 0 heterocycles. The van der Waals surface area contributed by atoms with Gasteiger partial charge in [0.25, 0.3) is 5.91 Å². The number of benzene rings is 1. The van der Waals surface area contributed by atoms with E-state index in [4.69, 9.17) is 16.3 Å². The molecule has 0 spiro atoms. The number of phenols is 1. The second-order valence-electron chi connectivity index (χ2n) is 4.60. The van der Waals surface area contributed by atoms with Crippen molar-refractivity contribution in [2.75, 3.05) is 26.2 Å². The summed E-state index contributed by atoms with van der Waals surface area (Å²) in [5.41, 5.74) is -0.0889. The van der Waals surface area contributed by atoms with Gasteiger partial charge in [0.1, 0.15) is 11.3 Å². The summed E-state index contributed by atoms with van der Waals surface area (Å²) < 4.78 is 4.87. The first-order chi connectivity index (χ1) is 10.9. The fourth-order valence-electron chi connectivity index (χ4n) is 1.78. The van der Waals surface area contributed by atoms with Gasteiger partial charge in [-0.05, 0) is 32.0 Å². The van der Waals surface area contributed by atoms with E-state index in [0.717, 1.165) is 0 Å². The highest BCUT2D eigenvalue weighted by molar-refractivity contribution is 6.30. The van der Waals surface area contributed by atoms with Crippen molar-refractivity contribution in [3.05, 3.63) is 28.8 Å². The number of carbonyl (C=O) groups is 3. The van der Waals surface area contributed by atoms with Gasteiger partial charge in [0.05, 0.1) is 6.54 Å². The molecule has 23 heavy (non-hydrogen) atoms. The quantitative estimate of drug-likeness (QED) is 0.725. The molecule has 0 aliphatic rings. The molecular formula is C15H19ClN2O5. The van der Waals surface area contributed by atoms with Crippen LogP contribution in [0, 0.1) is 0 Å². The van der Waals surface area contributed by atoms with E-state index in [2.05, 4.69) is 5.32 Å². The van der Waals surface area contributed by atoms with E-state index in [0.29, 0.717) is 13.1 Å². The van der Waals surface area contributed by atoms with E-state index in [9.17, 15) is 19.5 Å². The van der Waals surface area contributed by atoms with Crippen molar-refractivity contribution >= 4 is 29.4 Å². The molecule has 0 aromatic heterocycles. The van der Waals surface area contributed by atoms with Crippen molar-refractivity contribution < 1.29 is 24.2 Å². The summed E-state index contributed by atoms with van der Waals surface area (Å²) in [6.45, 7) is 3.64. The number of aromatic hydroxyl groups is 1. The number of hydrogen-bond donors (Lipinski definition) is 2. The van der Waals surface area contributed by atoms with Gasteiger partial charge in [-0.2, -0.15) is 0 Å². The molecule has 0 radical (unpaired) electrons. The third kappa shape index (κ3) is 5.78. The molecule has 8 heteroatoms. The standard InChI is InChI=1S/C15H19ClN2O5/c1-3-17-13(20)8-18(4-2)14(21)9-23-15(22)11-6-5-10(16)7-12(11)19/h5-7,19H,3-4,8-9H2,1-2H3,(H,17,20). The van der Waals surface area contributed by atoms with Crippen LogP contribution in [0.15, 0.2) is 18.2 Å². The predicted octanol–water partition coefficient (Wildman–Crippen LogP) is 1.19. The molecule has 126 valence electrons. The highest BCUT2D eigenvalue weighted by atomic mass is 35.5. The topological polar surface area (TPSA) is 95.9 Å². The van der Waals surface area contributed by atoms with Gasteiger partial charge in [-0.3, -0.25) is 9.59 Å². The van der Waals surface area contributed by atoms with Crippen LogP contribution in [0.25, 0.3) is 0 Å². The molecule has 1 aromatic rings. The van der Waals surface area contributed by atoms with E-state index < -0.39 is 18.5 Å². The normalized spacial score (nSPS) is 10.0. The summed E-state index contributed by atoms with van der Waals surface area (Å²) in [6, 6.07) is 3.93. The predicted molar refractivity (Wildman–Crippen MR) is 84.3 cm³/mol. The molecule has 1 rings (SSSR count). The smallest absolute Gasteiger partial charge is 0.342 e. The Bertz CT molecular complexity index is 591. The molecule has 7 nitrogen and oxygen atoms in total. The van der Waals surface area contributed by atoms with E-state index in [1.807, 2.05) is 0 Å². The van der Waals surface area contributed by atoms with Crippen LogP contribution in [0.5, 0.6) is 5.75 Å². The fraction of sp³-hybridized carbons (Fsp3) is 0.400. The van der Waals surface area contributed by atoms with E-state index in [-0.39, 0.29) is 28.8 Å². The van der Waals surface area contributed by atoms with Crippen LogP contribution in [-0.2, 0) is 14.3 Å². The first kappa shape index (κ1) is 18.8. The maximum absolute atomic E-state index is 12.0. The summed E-state index contributed by atoms with van der Waals surface area (Å²) in [4.78, 5) is 36.6.